The van der Waals surface area contributed by atoms with Crippen molar-refractivity contribution in [2.75, 3.05) is 5.32 Å². The van der Waals surface area contributed by atoms with Crippen molar-refractivity contribution in [3.8, 4) is 0 Å². The van der Waals surface area contributed by atoms with Crippen molar-refractivity contribution in [2.24, 2.45) is 7.05 Å². The minimum Gasteiger partial charge on any atom is -0.461 e. The molecule has 1 aromatic carbocycles. The second-order valence-electron chi connectivity index (χ2n) is 5.86. The monoisotopic (exact) mass is 349 g/mol. The van der Waals surface area contributed by atoms with E-state index >= 15 is 0 Å². The average Bonchev–Trinajstić information content (AvgIpc) is 3.35. The van der Waals surface area contributed by atoms with E-state index in [2.05, 4.69) is 10.4 Å². The Morgan fingerprint density at radius 3 is 2.77 bits per heavy atom. The van der Waals surface area contributed by atoms with Gasteiger partial charge >= 0.3 is 0 Å². The lowest BCUT2D eigenvalue weighted by molar-refractivity contribution is -0.115. The molecule has 3 heterocycles. The fourth-order valence-corrected chi connectivity index (χ4v) is 2.78. The number of furan rings is 2. The van der Waals surface area contributed by atoms with Crippen LogP contribution >= 0.6 is 0 Å². The van der Waals surface area contributed by atoms with Crippen molar-refractivity contribution >= 4 is 28.3 Å². The van der Waals surface area contributed by atoms with Crippen LogP contribution in [-0.2, 0) is 18.3 Å². The highest BCUT2D eigenvalue weighted by atomic mass is 16.4. The van der Waals surface area contributed by atoms with Crippen molar-refractivity contribution in [3.63, 3.8) is 0 Å². The van der Waals surface area contributed by atoms with Crippen molar-refractivity contribution in [1.82, 2.24) is 9.78 Å². The third-order valence-corrected chi connectivity index (χ3v) is 3.93. The summed E-state index contributed by atoms with van der Waals surface area (Å²) in [4.78, 5) is 25.2. The fourth-order valence-electron chi connectivity index (χ4n) is 2.78. The van der Waals surface area contributed by atoms with Crippen LogP contribution in [0.2, 0.25) is 0 Å². The number of benzene rings is 1. The van der Waals surface area contributed by atoms with E-state index in [1.165, 1.54) is 6.26 Å². The minimum atomic E-state index is -0.428. The summed E-state index contributed by atoms with van der Waals surface area (Å²) < 4.78 is 12.5. The maximum absolute atomic E-state index is 12.7. The molecule has 0 aliphatic carbocycles. The van der Waals surface area contributed by atoms with E-state index in [0.29, 0.717) is 16.7 Å². The Morgan fingerprint density at radius 2 is 2.04 bits per heavy atom. The molecule has 0 atom stereocenters. The predicted molar refractivity (Wildman–Crippen MR) is 93.9 cm³/mol. The molecule has 1 amide bonds. The fraction of sp³-hybridized carbons (Fsp3) is 0.105. The number of carbonyl (C=O) groups is 2. The van der Waals surface area contributed by atoms with Crippen LogP contribution in [0.3, 0.4) is 0 Å². The van der Waals surface area contributed by atoms with Gasteiger partial charge in [0.25, 0.3) is 5.78 Å². The number of para-hydroxylation sites is 1. The van der Waals surface area contributed by atoms with Crippen LogP contribution in [0.4, 0.5) is 5.69 Å². The van der Waals surface area contributed by atoms with Gasteiger partial charge in [-0.2, -0.15) is 5.10 Å². The van der Waals surface area contributed by atoms with Gasteiger partial charge in [-0.15, -0.1) is 0 Å². The molecule has 1 N–H and O–H groups in total. The van der Waals surface area contributed by atoms with Crippen LogP contribution in [0.5, 0.6) is 0 Å². The number of aromatic nitrogens is 2. The first-order valence-electron chi connectivity index (χ1n) is 7.99. The van der Waals surface area contributed by atoms with Crippen molar-refractivity contribution in [1.29, 1.82) is 0 Å². The topological polar surface area (TPSA) is 90.3 Å². The zero-order valence-corrected chi connectivity index (χ0v) is 13.9. The summed E-state index contributed by atoms with van der Waals surface area (Å²) in [7, 11) is 1.78. The number of nitrogens with zero attached hydrogens (tertiary/aromatic N) is 2. The third kappa shape index (κ3) is 2.90. The summed E-state index contributed by atoms with van der Waals surface area (Å²) in [5, 5.41) is 7.50. The first-order valence-corrected chi connectivity index (χ1v) is 7.99. The van der Waals surface area contributed by atoms with E-state index in [-0.39, 0.29) is 23.8 Å². The molecule has 0 aliphatic heterocycles. The summed E-state index contributed by atoms with van der Waals surface area (Å²) in [6.07, 6.45) is 4.95. The Labute approximate surface area is 148 Å². The molecule has 0 saturated carbocycles. The maximum atomic E-state index is 12.7. The molecule has 4 rings (SSSR count). The zero-order valence-electron chi connectivity index (χ0n) is 13.9. The Hall–Kier alpha value is -3.61. The Balaban J connectivity index is 1.69. The van der Waals surface area contributed by atoms with E-state index in [1.807, 2.05) is 6.07 Å². The molecule has 7 nitrogen and oxygen atoms in total. The molecule has 26 heavy (non-hydrogen) atoms. The number of hydrogen-bond donors (Lipinski definition) is 1. The van der Waals surface area contributed by atoms with Gasteiger partial charge in [0.05, 0.1) is 24.6 Å². The molecule has 130 valence electrons. The van der Waals surface area contributed by atoms with Crippen molar-refractivity contribution in [2.45, 2.75) is 6.42 Å². The number of aryl methyl sites for hydroxylation is 1. The lowest BCUT2D eigenvalue weighted by atomic mass is 10.1. The van der Waals surface area contributed by atoms with E-state index in [0.717, 1.165) is 5.56 Å². The van der Waals surface area contributed by atoms with Crippen molar-refractivity contribution < 1.29 is 18.4 Å². The van der Waals surface area contributed by atoms with E-state index < -0.39 is 5.78 Å². The standard InChI is InChI=1S/C19H15N3O4/c1-22-11-12(10-20-22)9-16(23)21-17-13-5-2-3-6-14(13)26-19(17)18(24)15-7-4-8-25-15/h2-8,10-11H,9H2,1H3,(H,21,23). The number of anilines is 1. The lowest BCUT2D eigenvalue weighted by Gasteiger charge is -2.04. The van der Waals surface area contributed by atoms with Gasteiger partial charge in [0.1, 0.15) is 5.58 Å². The summed E-state index contributed by atoms with van der Waals surface area (Å²) in [5.41, 5.74) is 1.63. The highest BCUT2D eigenvalue weighted by molar-refractivity contribution is 6.16. The van der Waals surface area contributed by atoms with Gasteiger partial charge in [-0.1, -0.05) is 12.1 Å². The highest BCUT2D eigenvalue weighted by Crippen LogP contribution is 2.32. The normalized spacial score (nSPS) is 11.0. The molecule has 0 fully saturated rings. The molecule has 0 aliphatic rings. The number of hydrogen-bond acceptors (Lipinski definition) is 5. The lowest BCUT2D eigenvalue weighted by Crippen LogP contribution is -2.16. The SMILES string of the molecule is Cn1cc(CC(=O)Nc2c(C(=O)c3ccco3)oc3ccccc23)cn1. The highest BCUT2D eigenvalue weighted by Gasteiger charge is 2.25. The molecule has 7 heteroatoms. The zero-order chi connectivity index (χ0) is 18.1. The molecular weight excluding hydrogens is 334 g/mol. The van der Waals surface area contributed by atoms with E-state index in [9.17, 15) is 9.59 Å². The first kappa shape index (κ1) is 15.9. The van der Waals surface area contributed by atoms with E-state index in [4.69, 9.17) is 8.83 Å². The number of nitrogens with one attached hydrogen (secondary N) is 1. The van der Waals surface area contributed by atoms with Crippen LogP contribution in [0, 0.1) is 0 Å². The van der Waals surface area contributed by atoms with Gasteiger partial charge in [0.15, 0.2) is 5.76 Å². The molecule has 0 radical (unpaired) electrons. The number of rotatable bonds is 5. The number of carbonyl (C=O) groups excluding carboxylic acids is 2. The Morgan fingerprint density at radius 1 is 1.19 bits per heavy atom. The van der Waals surface area contributed by atoms with Crippen LogP contribution in [0.25, 0.3) is 11.0 Å². The molecule has 0 spiro atoms. The second-order valence-corrected chi connectivity index (χ2v) is 5.86. The molecule has 4 aromatic rings. The maximum Gasteiger partial charge on any atom is 0.265 e. The molecule has 0 unspecified atom stereocenters. The molecule has 0 saturated heterocycles. The van der Waals surface area contributed by atoms with Crippen LogP contribution in [0.15, 0.2) is 63.9 Å². The van der Waals surface area contributed by atoms with Crippen LogP contribution in [0.1, 0.15) is 21.9 Å². The molecular formula is C19H15N3O4. The van der Waals surface area contributed by atoms with Gasteiger partial charge < -0.3 is 14.2 Å². The summed E-state index contributed by atoms with van der Waals surface area (Å²) in [6, 6.07) is 10.3. The quantitative estimate of drug-likeness (QED) is 0.559. The van der Waals surface area contributed by atoms with Crippen LogP contribution < -0.4 is 5.32 Å². The van der Waals surface area contributed by atoms with Gasteiger partial charge in [-0.05, 0) is 29.8 Å². The minimum absolute atomic E-state index is 0.0423. The summed E-state index contributed by atoms with van der Waals surface area (Å²) in [5.74, 6) is -0.506. The predicted octanol–water partition coefficient (Wildman–Crippen LogP) is 3.17. The number of amides is 1. The third-order valence-electron chi connectivity index (χ3n) is 3.93. The summed E-state index contributed by atoms with van der Waals surface area (Å²) >= 11 is 0. The smallest absolute Gasteiger partial charge is 0.265 e. The average molecular weight is 349 g/mol. The summed E-state index contributed by atoms with van der Waals surface area (Å²) in [6.45, 7) is 0. The van der Waals surface area contributed by atoms with Crippen molar-refractivity contribution in [3.05, 3.63) is 72.1 Å². The van der Waals surface area contributed by atoms with Gasteiger partial charge in [0.2, 0.25) is 11.7 Å². The Bertz CT molecular complexity index is 1090. The number of fused-ring (bicyclic) bond motifs is 1. The number of ketones is 1. The van der Waals surface area contributed by atoms with Gasteiger partial charge in [-0.3, -0.25) is 14.3 Å². The largest absolute Gasteiger partial charge is 0.461 e. The van der Waals surface area contributed by atoms with E-state index in [1.54, 1.807) is 54.5 Å². The molecule has 3 aromatic heterocycles. The van der Waals surface area contributed by atoms with Gasteiger partial charge in [0, 0.05) is 18.6 Å². The second kappa shape index (κ2) is 6.36. The molecule has 0 bridgehead atoms. The van der Waals surface area contributed by atoms with Crippen LogP contribution in [-0.4, -0.2) is 21.5 Å². The first-order chi connectivity index (χ1) is 12.6. The Kier molecular flexibility index (Phi) is 3.89. The van der Waals surface area contributed by atoms with Gasteiger partial charge in [-0.25, -0.2) is 0 Å².